The summed E-state index contributed by atoms with van der Waals surface area (Å²) >= 11 is 1.58. The number of alkyl halides is 1. The molecule has 0 bridgehead atoms. The van der Waals surface area contributed by atoms with Crippen molar-refractivity contribution in [3.63, 3.8) is 0 Å². The first-order valence-corrected chi connectivity index (χ1v) is 11.8. The Morgan fingerprint density at radius 3 is 2.70 bits per heavy atom. The van der Waals surface area contributed by atoms with E-state index < -0.39 is 17.2 Å². The van der Waals surface area contributed by atoms with E-state index in [9.17, 15) is 14.7 Å². The summed E-state index contributed by atoms with van der Waals surface area (Å²) in [4.78, 5) is 25.2. The van der Waals surface area contributed by atoms with Crippen LogP contribution in [0.4, 0.5) is 4.39 Å². The molecule has 0 unspecified atom stereocenters. The highest BCUT2D eigenvalue weighted by atomic mass is 32.2. The molecule has 162 valence electrons. The number of thioether (sulfide) groups is 1. The largest absolute Gasteiger partial charge is 0.465 e. The maximum absolute atomic E-state index is 17.0. The molecule has 5 rings (SSSR count). The minimum Gasteiger partial charge on any atom is -0.465 e. The number of ether oxygens (including phenoxy) is 1. The number of carbonyl (C=O) groups is 2. The Bertz CT molecular complexity index is 922. The number of hydrogen-bond acceptors (Lipinski definition) is 5. The molecule has 5 aliphatic rings. The van der Waals surface area contributed by atoms with Crippen LogP contribution in [-0.2, 0) is 14.3 Å². The van der Waals surface area contributed by atoms with Gasteiger partial charge in [0.15, 0.2) is 11.5 Å². The van der Waals surface area contributed by atoms with E-state index in [-0.39, 0.29) is 34.3 Å². The zero-order valence-corrected chi connectivity index (χ0v) is 18.6. The summed E-state index contributed by atoms with van der Waals surface area (Å²) in [6.45, 7) is 6.54. The molecular formula is C24H29FO4S. The van der Waals surface area contributed by atoms with E-state index in [1.165, 1.54) is 11.6 Å². The molecule has 1 heterocycles. The number of ketones is 1. The van der Waals surface area contributed by atoms with Crippen LogP contribution in [0.3, 0.4) is 0 Å². The quantitative estimate of drug-likeness (QED) is 0.660. The molecule has 0 spiro atoms. The minimum atomic E-state index is -1.80. The van der Waals surface area contributed by atoms with Gasteiger partial charge in [-0.3, -0.25) is 9.59 Å². The van der Waals surface area contributed by atoms with Crippen molar-refractivity contribution in [1.29, 1.82) is 0 Å². The molecule has 4 nitrogen and oxygen atoms in total. The van der Waals surface area contributed by atoms with Gasteiger partial charge >= 0.3 is 5.97 Å². The van der Waals surface area contributed by atoms with Crippen molar-refractivity contribution in [2.75, 3.05) is 6.61 Å². The van der Waals surface area contributed by atoms with Crippen molar-refractivity contribution in [1.82, 2.24) is 0 Å². The van der Waals surface area contributed by atoms with Gasteiger partial charge in [0, 0.05) is 23.2 Å². The number of halogens is 1. The maximum Gasteiger partial charge on any atom is 0.319 e. The summed E-state index contributed by atoms with van der Waals surface area (Å²) in [5, 5.41) is 11.1. The average Bonchev–Trinajstić information content (AvgIpc) is 3.19. The molecule has 0 aromatic heterocycles. The third-order valence-corrected chi connectivity index (χ3v) is 10.4. The van der Waals surface area contributed by atoms with Gasteiger partial charge < -0.3 is 9.84 Å². The number of allylic oxidation sites excluding steroid dienone is 6. The number of esters is 1. The van der Waals surface area contributed by atoms with Crippen molar-refractivity contribution in [3.05, 3.63) is 34.3 Å². The standard InChI is InChI=1S/C24H29FO4S/c1-13-10-17-16-5-4-14-11-15(26)6-8-23(14,3)24(16,25)19(27)12-22(17,2)20(13)30-18-7-9-29-21(18)28/h6,8,11,16-19,27H,4-5,7,9-10,12H2,1-3H3/t16-,17-,18-,19-,22-,23-,24-/m0/s1. The summed E-state index contributed by atoms with van der Waals surface area (Å²) in [5.41, 5.74) is -1.08. The van der Waals surface area contributed by atoms with Crippen LogP contribution >= 0.6 is 11.8 Å². The highest BCUT2D eigenvalue weighted by molar-refractivity contribution is 8.04. The first-order valence-electron chi connectivity index (χ1n) is 11.0. The second-order valence-electron chi connectivity index (χ2n) is 10.1. The SMILES string of the molecule is CC1=C(S[C@H]2CCOC2=O)[C@@]2(C)C[C@H](O)[C@@]3(F)[C@@H](CCC4=CC(=O)C=C[C@@]43C)[C@@H]2C1. The number of aliphatic hydroxyl groups is 1. The maximum atomic E-state index is 17.0. The molecule has 0 radical (unpaired) electrons. The van der Waals surface area contributed by atoms with Crippen LogP contribution < -0.4 is 0 Å². The van der Waals surface area contributed by atoms with E-state index in [0.717, 1.165) is 16.9 Å². The molecule has 1 saturated heterocycles. The zero-order chi connectivity index (χ0) is 21.5. The lowest BCUT2D eigenvalue weighted by molar-refractivity contribution is -0.184. The van der Waals surface area contributed by atoms with Gasteiger partial charge in [0.05, 0.1) is 12.7 Å². The predicted octanol–water partition coefficient (Wildman–Crippen LogP) is 4.29. The molecule has 0 aromatic carbocycles. The molecule has 30 heavy (non-hydrogen) atoms. The Hall–Kier alpha value is -1.40. The summed E-state index contributed by atoms with van der Waals surface area (Å²) in [5.74, 6) is -0.481. The Kier molecular flexibility index (Phi) is 4.48. The lowest BCUT2D eigenvalue weighted by atomic mass is 9.46. The van der Waals surface area contributed by atoms with Gasteiger partial charge in [-0.05, 0) is 62.5 Å². The van der Waals surface area contributed by atoms with E-state index in [4.69, 9.17) is 4.74 Å². The van der Waals surface area contributed by atoms with Gasteiger partial charge in [-0.1, -0.05) is 24.1 Å². The first kappa shape index (κ1) is 20.5. The van der Waals surface area contributed by atoms with E-state index >= 15 is 4.39 Å². The smallest absolute Gasteiger partial charge is 0.319 e. The summed E-state index contributed by atoms with van der Waals surface area (Å²) in [6.07, 6.45) is 6.73. The second kappa shape index (κ2) is 6.55. The van der Waals surface area contributed by atoms with Crippen LogP contribution in [0.5, 0.6) is 0 Å². The van der Waals surface area contributed by atoms with E-state index in [0.29, 0.717) is 32.3 Å². The minimum absolute atomic E-state index is 0.0789. The van der Waals surface area contributed by atoms with Crippen molar-refractivity contribution >= 4 is 23.5 Å². The fourth-order valence-electron chi connectivity index (χ4n) is 7.07. The molecule has 0 aromatic rings. The van der Waals surface area contributed by atoms with Crippen LogP contribution in [-0.4, -0.2) is 40.5 Å². The molecule has 2 saturated carbocycles. The third-order valence-electron chi connectivity index (χ3n) is 8.61. The van der Waals surface area contributed by atoms with E-state index in [1.807, 2.05) is 6.92 Å². The van der Waals surface area contributed by atoms with Crippen molar-refractivity contribution in [2.45, 2.75) is 69.9 Å². The highest BCUT2D eigenvalue weighted by Crippen LogP contribution is 2.70. The van der Waals surface area contributed by atoms with Crippen molar-refractivity contribution in [2.24, 2.45) is 22.7 Å². The van der Waals surface area contributed by atoms with Gasteiger partial charge in [0.2, 0.25) is 0 Å². The van der Waals surface area contributed by atoms with Crippen LogP contribution in [0.2, 0.25) is 0 Å². The van der Waals surface area contributed by atoms with Gasteiger partial charge in [-0.2, -0.15) is 0 Å². The average molecular weight is 433 g/mol. The number of rotatable bonds is 2. The number of cyclic esters (lactones) is 1. The predicted molar refractivity (Wildman–Crippen MR) is 113 cm³/mol. The zero-order valence-electron chi connectivity index (χ0n) is 17.7. The molecule has 6 heteroatoms. The molecular weight excluding hydrogens is 403 g/mol. The molecule has 1 N–H and O–H groups in total. The topological polar surface area (TPSA) is 63.6 Å². The van der Waals surface area contributed by atoms with Crippen LogP contribution in [0.15, 0.2) is 34.3 Å². The number of fused-ring (bicyclic) bond motifs is 5. The number of carbonyl (C=O) groups excluding carboxylic acids is 2. The fraction of sp³-hybridized carbons (Fsp3) is 0.667. The van der Waals surface area contributed by atoms with Gasteiger partial charge in [-0.25, -0.2) is 4.39 Å². The molecule has 0 amide bonds. The van der Waals surface area contributed by atoms with Gasteiger partial charge in [0.25, 0.3) is 0 Å². The highest BCUT2D eigenvalue weighted by Gasteiger charge is 2.69. The lowest BCUT2D eigenvalue weighted by Crippen LogP contribution is -2.66. The summed E-state index contributed by atoms with van der Waals surface area (Å²) in [7, 11) is 0. The van der Waals surface area contributed by atoms with E-state index in [1.54, 1.807) is 23.9 Å². The Balaban J connectivity index is 1.52. The van der Waals surface area contributed by atoms with Crippen molar-refractivity contribution < 1.29 is 23.8 Å². The first-order chi connectivity index (χ1) is 14.1. The van der Waals surface area contributed by atoms with Crippen LogP contribution in [0.25, 0.3) is 0 Å². The molecule has 1 aliphatic heterocycles. The van der Waals surface area contributed by atoms with Crippen molar-refractivity contribution in [3.8, 4) is 0 Å². The summed E-state index contributed by atoms with van der Waals surface area (Å²) in [6, 6.07) is 0. The van der Waals surface area contributed by atoms with Crippen LogP contribution in [0.1, 0.15) is 52.9 Å². The third kappa shape index (κ3) is 2.49. The lowest BCUT2D eigenvalue weighted by Gasteiger charge is -2.61. The summed E-state index contributed by atoms with van der Waals surface area (Å²) < 4.78 is 22.2. The number of hydrogen-bond donors (Lipinski definition) is 1. The van der Waals surface area contributed by atoms with Gasteiger partial charge in [0.1, 0.15) is 5.25 Å². The Morgan fingerprint density at radius 2 is 2.00 bits per heavy atom. The van der Waals surface area contributed by atoms with Gasteiger partial charge in [-0.15, -0.1) is 11.8 Å². The normalized spacial score (nSPS) is 47.6. The number of aliphatic hydroxyl groups excluding tert-OH is 1. The molecule has 4 aliphatic carbocycles. The fourth-order valence-corrected chi connectivity index (χ4v) is 8.52. The second-order valence-corrected chi connectivity index (χ2v) is 11.4. The Morgan fingerprint density at radius 1 is 1.23 bits per heavy atom. The Labute approximate surface area is 181 Å². The monoisotopic (exact) mass is 432 g/mol. The molecule has 3 fully saturated rings. The van der Waals surface area contributed by atoms with Crippen LogP contribution in [0, 0.1) is 22.7 Å². The molecule has 7 atom stereocenters. The van der Waals surface area contributed by atoms with E-state index in [2.05, 4.69) is 13.8 Å².